The van der Waals surface area contributed by atoms with Gasteiger partial charge in [0, 0.05) is 17.0 Å². The molecule has 2 N–H and O–H groups in total. The molecule has 2 nitrogen and oxygen atoms in total. The van der Waals surface area contributed by atoms with Crippen LogP contribution in [0.3, 0.4) is 0 Å². The van der Waals surface area contributed by atoms with Crippen molar-refractivity contribution in [3.8, 4) is 0 Å². The van der Waals surface area contributed by atoms with Crippen molar-refractivity contribution in [2.24, 2.45) is 17.3 Å². The lowest BCUT2D eigenvalue weighted by atomic mass is 9.73. The number of benzene rings is 1. The van der Waals surface area contributed by atoms with Gasteiger partial charge in [-0.3, -0.25) is 0 Å². The zero-order valence-corrected chi connectivity index (χ0v) is 31.2. The summed E-state index contributed by atoms with van der Waals surface area (Å²) in [5.41, 5.74) is 7.02. The summed E-state index contributed by atoms with van der Waals surface area (Å²) in [7, 11) is 0. The second-order valence-corrected chi connectivity index (χ2v) is 13.6. The van der Waals surface area contributed by atoms with Crippen molar-refractivity contribution in [3.63, 3.8) is 0 Å². The second kappa shape index (κ2) is 19.4. The third-order valence-electron chi connectivity index (χ3n) is 9.47. The molecule has 1 heterocycles. The molecule has 49 heavy (non-hydrogen) atoms. The maximum Gasteiger partial charge on any atom is 0.156 e. The molecule has 0 spiro atoms. The second-order valence-electron chi connectivity index (χ2n) is 13.6. The van der Waals surface area contributed by atoms with Crippen LogP contribution in [-0.2, 0) is 0 Å². The molecule has 0 saturated carbocycles. The molecule has 2 aliphatic rings. The molecular weight excluding hydrogens is 593 g/mol. The van der Waals surface area contributed by atoms with Crippen LogP contribution in [0.2, 0.25) is 0 Å². The molecule has 0 aromatic heterocycles. The van der Waals surface area contributed by atoms with Crippen LogP contribution >= 0.6 is 0 Å². The topological polar surface area (TPSA) is 24.1 Å². The highest BCUT2D eigenvalue weighted by atomic mass is 15.2. The molecule has 0 bridgehead atoms. The summed E-state index contributed by atoms with van der Waals surface area (Å²) in [5, 5.41) is 7.61. The molecule has 1 aromatic rings. The van der Waals surface area contributed by atoms with Gasteiger partial charge in [-0.1, -0.05) is 169 Å². The van der Waals surface area contributed by atoms with Crippen LogP contribution in [0.25, 0.3) is 5.70 Å². The molecule has 0 fully saturated rings. The van der Waals surface area contributed by atoms with E-state index >= 15 is 0 Å². The van der Waals surface area contributed by atoms with E-state index in [1.807, 2.05) is 13.0 Å². The standard InChI is InChI=1S/C47H60N2/c1-10-14-16-20-26-37(5)27-25-31-42(34-39(7)46(8,9)38(6)28-19-15-11-2)40(12-3)35-43(13-4)47(48-44-32-23-18-24-33-44)36-45(49-47)41-29-21-17-22-30-41/h11-17,19-23,25-26,28-38,48-49H,4,7,10,18,24,27H2,1-3,5-6,8-9H3/b15-11-,16-14-,26-20-,28-19-,31-25-,40-12+,42-34-,43-35+. The first-order chi connectivity index (χ1) is 23.6. The van der Waals surface area contributed by atoms with Crippen LogP contribution < -0.4 is 10.6 Å². The van der Waals surface area contributed by atoms with Crippen LogP contribution in [0, 0.1) is 17.3 Å². The molecule has 3 atom stereocenters. The molecule has 0 saturated heterocycles. The molecule has 2 heteroatoms. The van der Waals surface area contributed by atoms with Gasteiger partial charge >= 0.3 is 0 Å². The van der Waals surface area contributed by atoms with E-state index in [-0.39, 0.29) is 5.41 Å². The third kappa shape index (κ3) is 11.2. The van der Waals surface area contributed by atoms with Crippen molar-refractivity contribution in [2.75, 3.05) is 0 Å². The van der Waals surface area contributed by atoms with Crippen LogP contribution in [-0.4, -0.2) is 5.66 Å². The largest absolute Gasteiger partial charge is 0.356 e. The fourth-order valence-electron chi connectivity index (χ4n) is 5.69. The third-order valence-corrected chi connectivity index (χ3v) is 9.47. The summed E-state index contributed by atoms with van der Waals surface area (Å²) in [6, 6.07) is 10.5. The zero-order valence-electron chi connectivity index (χ0n) is 31.2. The van der Waals surface area contributed by atoms with E-state index in [1.54, 1.807) is 0 Å². The first-order valence-corrected chi connectivity index (χ1v) is 18.0. The number of allylic oxidation sites excluding steroid dienone is 19. The van der Waals surface area contributed by atoms with Crippen molar-refractivity contribution >= 4 is 5.70 Å². The fourth-order valence-corrected chi connectivity index (χ4v) is 5.69. The lowest BCUT2D eigenvalue weighted by Crippen LogP contribution is -2.61. The summed E-state index contributed by atoms with van der Waals surface area (Å²) in [6.45, 7) is 24.4. The van der Waals surface area contributed by atoms with Gasteiger partial charge in [-0.2, -0.15) is 0 Å². The molecule has 0 amide bonds. The Hall–Kier alpha value is -4.56. The lowest BCUT2D eigenvalue weighted by molar-refractivity contribution is 0.351. The summed E-state index contributed by atoms with van der Waals surface area (Å²) >= 11 is 0. The van der Waals surface area contributed by atoms with Crippen molar-refractivity contribution < 1.29 is 0 Å². The van der Waals surface area contributed by atoms with E-state index in [1.165, 1.54) is 0 Å². The van der Waals surface area contributed by atoms with Gasteiger partial charge in [-0.25, -0.2) is 0 Å². The van der Waals surface area contributed by atoms with E-state index in [9.17, 15) is 0 Å². The highest BCUT2D eigenvalue weighted by molar-refractivity contribution is 5.75. The van der Waals surface area contributed by atoms with Gasteiger partial charge in [0.2, 0.25) is 0 Å². The quantitative estimate of drug-likeness (QED) is 0.154. The van der Waals surface area contributed by atoms with E-state index in [0.29, 0.717) is 11.8 Å². The van der Waals surface area contributed by atoms with Gasteiger partial charge < -0.3 is 10.6 Å². The van der Waals surface area contributed by atoms with E-state index in [4.69, 9.17) is 0 Å². The Labute approximate surface area is 299 Å². The molecule has 1 aromatic carbocycles. The Morgan fingerprint density at radius 2 is 1.71 bits per heavy atom. The van der Waals surface area contributed by atoms with E-state index < -0.39 is 5.66 Å². The van der Waals surface area contributed by atoms with Gasteiger partial charge in [0.25, 0.3) is 0 Å². The summed E-state index contributed by atoms with van der Waals surface area (Å²) in [4.78, 5) is 0. The van der Waals surface area contributed by atoms with Crippen LogP contribution in [0.5, 0.6) is 0 Å². The molecule has 1 aliphatic carbocycles. The van der Waals surface area contributed by atoms with Crippen molar-refractivity contribution in [2.45, 2.75) is 79.8 Å². The summed E-state index contributed by atoms with van der Waals surface area (Å²) < 4.78 is 0. The van der Waals surface area contributed by atoms with Gasteiger partial charge in [0.05, 0.1) is 0 Å². The number of hydrogen-bond acceptors (Lipinski definition) is 2. The minimum atomic E-state index is -0.600. The summed E-state index contributed by atoms with van der Waals surface area (Å²) in [5.74, 6) is 0.728. The first kappa shape index (κ1) is 38.9. The molecule has 258 valence electrons. The van der Waals surface area contributed by atoms with E-state index in [0.717, 1.165) is 64.9 Å². The van der Waals surface area contributed by atoms with Crippen molar-refractivity contribution in [1.29, 1.82) is 0 Å². The zero-order chi connectivity index (χ0) is 35.7. The normalized spacial score (nSPS) is 20.5. The van der Waals surface area contributed by atoms with Crippen molar-refractivity contribution in [1.82, 2.24) is 10.6 Å². The van der Waals surface area contributed by atoms with Crippen LogP contribution in [0.15, 0.2) is 181 Å². The number of hydrogen-bond donors (Lipinski definition) is 2. The maximum absolute atomic E-state index is 4.63. The van der Waals surface area contributed by atoms with Gasteiger partial charge in [-0.05, 0) is 97.3 Å². The Bertz CT molecular complexity index is 1610. The molecule has 3 unspecified atom stereocenters. The Morgan fingerprint density at radius 3 is 2.35 bits per heavy atom. The predicted molar refractivity (Wildman–Crippen MR) is 218 cm³/mol. The van der Waals surface area contributed by atoms with Gasteiger partial charge in [0.1, 0.15) is 0 Å². The molecule has 0 radical (unpaired) electrons. The minimum Gasteiger partial charge on any atom is -0.356 e. The highest BCUT2D eigenvalue weighted by Crippen LogP contribution is 2.38. The highest BCUT2D eigenvalue weighted by Gasteiger charge is 2.39. The average molecular weight is 653 g/mol. The Morgan fingerprint density at radius 1 is 0.980 bits per heavy atom. The number of rotatable bonds is 18. The van der Waals surface area contributed by atoms with Crippen LogP contribution in [0.1, 0.15) is 79.7 Å². The predicted octanol–water partition coefficient (Wildman–Crippen LogP) is 12.6. The Kier molecular flexibility index (Phi) is 15.4. The molecule has 1 aliphatic heterocycles. The van der Waals surface area contributed by atoms with Gasteiger partial charge in [0.15, 0.2) is 5.66 Å². The minimum absolute atomic E-state index is 0.145. The van der Waals surface area contributed by atoms with E-state index in [2.05, 4.69) is 199 Å². The van der Waals surface area contributed by atoms with Gasteiger partial charge in [-0.15, -0.1) is 0 Å². The summed E-state index contributed by atoms with van der Waals surface area (Å²) in [6.07, 6.45) is 43.6. The SMILES string of the molecule is C=C\C(=C/C(=C\C)C(/C=C\CC(C)/C=C\C=C/CC)=C\C(=C)C(C)(C)C(C)/C=C\C=C/C)C1(NC2=CCCC=C2)C=C(c2ccccc2)N1. The van der Waals surface area contributed by atoms with Crippen LogP contribution in [0.4, 0.5) is 0 Å². The average Bonchev–Trinajstić information content (AvgIpc) is 3.09. The molecule has 3 rings (SSSR count). The molecular formula is C47H60N2. The smallest absolute Gasteiger partial charge is 0.156 e. The maximum atomic E-state index is 4.63. The van der Waals surface area contributed by atoms with Crippen molar-refractivity contribution in [3.05, 3.63) is 186 Å². The lowest BCUT2D eigenvalue weighted by Gasteiger charge is -2.45. The fraction of sp³-hybridized carbons (Fsp3) is 0.319. The first-order valence-electron chi connectivity index (χ1n) is 18.0. The monoisotopic (exact) mass is 652 g/mol. The number of nitrogens with one attached hydrogen (secondary N) is 2. The Balaban J connectivity index is 2.07.